The van der Waals surface area contributed by atoms with Crippen LogP contribution in [0.25, 0.3) is 0 Å². The summed E-state index contributed by atoms with van der Waals surface area (Å²) in [6.07, 6.45) is 1.07. The lowest BCUT2D eigenvalue weighted by Gasteiger charge is -2.16. The van der Waals surface area contributed by atoms with E-state index < -0.39 is 0 Å². The average Bonchev–Trinajstić information content (AvgIpc) is 2.36. The second-order valence-electron chi connectivity index (χ2n) is 5.84. The van der Waals surface area contributed by atoms with Crippen molar-refractivity contribution in [3.05, 3.63) is 34.9 Å². The molecular weight excluding hydrogens is 234 g/mol. The van der Waals surface area contributed by atoms with E-state index in [1.54, 1.807) is 0 Å². The SMILES string of the molecule is Cc1ccc(C(C)NCCCOCC(C)C)cc1C. The van der Waals surface area contributed by atoms with Crippen molar-refractivity contribution >= 4 is 0 Å². The van der Waals surface area contributed by atoms with Crippen LogP contribution in [-0.4, -0.2) is 19.8 Å². The summed E-state index contributed by atoms with van der Waals surface area (Å²) in [5, 5.41) is 3.55. The summed E-state index contributed by atoms with van der Waals surface area (Å²) in [4.78, 5) is 0. The molecule has 0 aromatic heterocycles. The zero-order chi connectivity index (χ0) is 14.3. The molecule has 19 heavy (non-hydrogen) atoms. The second kappa shape index (κ2) is 8.34. The molecular formula is C17H29NO. The summed E-state index contributed by atoms with van der Waals surface area (Å²) in [5.74, 6) is 0.627. The monoisotopic (exact) mass is 263 g/mol. The van der Waals surface area contributed by atoms with Crippen molar-refractivity contribution in [2.45, 2.75) is 47.1 Å². The third-order valence-corrected chi connectivity index (χ3v) is 3.40. The van der Waals surface area contributed by atoms with Gasteiger partial charge in [-0.25, -0.2) is 0 Å². The Morgan fingerprint density at radius 1 is 1.11 bits per heavy atom. The quantitative estimate of drug-likeness (QED) is 0.715. The maximum absolute atomic E-state index is 5.58. The molecule has 1 rings (SSSR count). The van der Waals surface area contributed by atoms with Crippen molar-refractivity contribution in [3.63, 3.8) is 0 Å². The fourth-order valence-corrected chi connectivity index (χ4v) is 1.96. The molecule has 1 N–H and O–H groups in total. The van der Waals surface area contributed by atoms with E-state index in [1.807, 2.05) is 0 Å². The molecule has 2 nitrogen and oxygen atoms in total. The van der Waals surface area contributed by atoms with Crippen LogP contribution in [0.4, 0.5) is 0 Å². The highest BCUT2D eigenvalue weighted by atomic mass is 16.5. The van der Waals surface area contributed by atoms with Gasteiger partial charge < -0.3 is 10.1 Å². The summed E-state index contributed by atoms with van der Waals surface area (Å²) in [7, 11) is 0. The Morgan fingerprint density at radius 2 is 1.84 bits per heavy atom. The highest BCUT2D eigenvalue weighted by Gasteiger charge is 2.05. The summed E-state index contributed by atoms with van der Waals surface area (Å²) in [6.45, 7) is 13.6. The number of hydrogen-bond acceptors (Lipinski definition) is 2. The molecule has 0 saturated heterocycles. The lowest BCUT2D eigenvalue weighted by Crippen LogP contribution is -2.21. The third kappa shape index (κ3) is 6.22. The van der Waals surface area contributed by atoms with E-state index in [-0.39, 0.29) is 0 Å². The van der Waals surface area contributed by atoms with E-state index in [2.05, 4.69) is 58.1 Å². The van der Waals surface area contributed by atoms with Crippen molar-refractivity contribution in [1.82, 2.24) is 5.32 Å². The molecule has 1 aromatic rings. The number of aryl methyl sites for hydroxylation is 2. The molecule has 0 aliphatic heterocycles. The Balaban J connectivity index is 2.23. The molecule has 0 aliphatic carbocycles. The van der Waals surface area contributed by atoms with Crippen LogP contribution in [0, 0.1) is 19.8 Å². The number of benzene rings is 1. The first-order valence-corrected chi connectivity index (χ1v) is 7.39. The first-order valence-electron chi connectivity index (χ1n) is 7.39. The molecule has 0 saturated carbocycles. The fourth-order valence-electron chi connectivity index (χ4n) is 1.96. The smallest absolute Gasteiger partial charge is 0.0489 e. The largest absolute Gasteiger partial charge is 0.381 e. The number of hydrogen-bond donors (Lipinski definition) is 1. The van der Waals surface area contributed by atoms with Gasteiger partial charge in [-0.05, 0) is 56.3 Å². The molecule has 0 bridgehead atoms. The molecule has 0 heterocycles. The van der Waals surface area contributed by atoms with Crippen molar-refractivity contribution in [2.24, 2.45) is 5.92 Å². The minimum absolute atomic E-state index is 0.407. The maximum Gasteiger partial charge on any atom is 0.0489 e. The van der Waals surface area contributed by atoms with Gasteiger partial charge in [0, 0.05) is 19.3 Å². The number of rotatable bonds is 8. The molecule has 0 radical (unpaired) electrons. The van der Waals surface area contributed by atoms with Gasteiger partial charge in [0.15, 0.2) is 0 Å². The Morgan fingerprint density at radius 3 is 2.47 bits per heavy atom. The normalized spacial score (nSPS) is 12.9. The number of ether oxygens (including phenoxy) is 1. The van der Waals surface area contributed by atoms with Gasteiger partial charge in [-0.2, -0.15) is 0 Å². The maximum atomic E-state index is 5.58. The van der Waals surface area contributed by atoms with Crippen molar-refractivity contribution in [2.75, 3.05) is 19.8 Å². The van der Waals surface area contributed by atoms with Crippen molar-refractivity contribution < 1.29 is 4.74 Å². The minimum Gasteiger partial charge on any atom is -0.381 e. The van der Waals surface area contributed by atoms with Crippen LogP contribution >= 0.6 is 0 Å². The van der Waals surface area contributed by atoms with Crippen LogP contribution in [0.2, 0.25) is 0 Å². The van der Waals surface area contributed by atoms with E-state index in [9.17, 15) is 0 Å². The Labute approximate surface area is 118 Å². The molecule has 0 aliphatic rings. The standard InChI is InChI=1S/C17H29NO/c1-13(2)12-19-10-6-9-18-16(5)17-8-7-14(3)15(4)11-17/h7-8,11,13,16,18H,6,9-10,12H2,1-5H3. The van der Waals surface area contributed by atoms with Crippen LogP contribution in [0.1, 0.15) is 49.9 Å². The lowest BCUT2D eigenvalue weighted by atomic mass is 10.0. The van der Waals surface area contributed by atoms with Gasteiger partial charge in [0.05, 0.1) is 0 Å². The molecule has 0 fully saturated rings. The zero-order valence-corrected chi connectivity index (χ0v) is 13.1. The third-order valence-electron chi connectivity index (χ3n) is 3.40. The molecule has 2 heteroatoms. The van der Waals surface area contributed by atoms with Crippen LogP contribution in [0.15, 0.2) is 18.2 Å². The predicted octanol–water partition coefficient (Wildman–Crippen LogP) is 4.02. The minimum atomic E-state index is 0.407. The molecule has 1 aromatic carbocycles. The first kappa shape index (κ1) is 16.2. The predicted molar refractivity (Wildman–Crippen MR) is 82.6 cm³/mol. The van der Waals surface area contributed by atoms with Gasteiger partial charge >= 0.3 is 0 Å². The van der Waals surface area contributed by atoms with Gasteiger partial charge in [0.25, 0.3) is 0 Å². The van der Waals surface area contributed by atoms with Crippen molar-refractivity contribution in [1.29, 1.82) is 0 Å². The summed E-state index contributed by atoms with van der Waals surface area (Å²) in [6, 6.07) is 7.11. The summed E-state index contributed by atoms with van der Waals surface area (Å²) in [5.41, 5.74) is 4.09. The molecule has 108 valence electrons. The number of nitrogens with one attached hydrogen (secondary N) is 1. The molecule has 1 unspecified atom stereocenters. The van der Waals surface area contributed by atoms with E-state index in [4.69, 9.17) is 4.74 Å². The van der Waals surface area contributed by atoms with Crippen LogP contribution in [0.5, 0.6) is 0 Å². The lowest BCUT2D eigenvalue weighted by molar-refractivity contribution is 0.107. The average molecular weight is 263 g/mol. The van der Waals surface area contributed by atoms with Crippen LogP contribution < -0.4 is 5.32 Å². The molecule has 0 amide bonds. The Hall–Kier alpha value is -0.860. The molecule has 1 atom stereocenters. The van der Waals surface area contributed by atoms with E-state index in [0.717, 1.165) is 26.2 Å². The second-order valence-corrected chi connectivity index (χ2v) is 5.84. The van der Waals surface area contributed by atoms with Crippen LogP contribution in [0.3, 0.4) is 0 Å². The first-order chi connectivity index (χ1) is 9.00. The highest BCUT2D eigenvalue weighted by molar-refractivity contribution is 5.31. The van der Waals surface area contributed by atoms with E-state index >= 15 is 0 Å². The topological polar surface area (TPSA) is 21.3 Å². The molecule has 0 spiro atoms. The summed E-state index contributed by atoms with van der Waals surface area (Å²) < 4.78 is 5.58. The van der Waals surface area contributed by atoms with Gasteiger partial charge in [-0.3, -0.25) is 0 Å². The van der Waals surface area contributed by atoms with E-state index in [1.165, 1.54) is 16.7 Å². The van der Waals surface area contributed by atoms with E-state index in [0.29, 0.717) is 12.0 Å². The zero-order valence-electron chi connectivity index (χ0n) is 13.1. The van der Waals surface area contributed by atoms with Gasteiger partial charge in [-0.15, -0.1) is 0 Å². The van der Waals surface area contributed by atoms with Crippen molar-refractivity contribution in [3.8, 4) is 0 Å². The van der Waals surface area contributed by atoms with Gasteiger partial charge in [0.1, 0.15) is 0 Å². The summed E-state index contributed by atoms with van der Waals surface area (Å²) >= 11 is 0. The van der Waals surface area contributed by atoms with Gasteiger partial charge in [-0.1, -0.05) is 32.0 Å². The van der Waals surface area contributed by atoms with Crippen LogP contribution in [-0.2, 0) is 4.74 Å². The highest BCUT2D eigenvalue weighted by Crippen LogP contribution is 2.16. The Bertz CT molecular complexity index is 374. The van der Waals surface area contributed by atoms with Gasteiger partial charge in [0.2, 0.25) is 0 Å². The Kier molecular flexibility index (Phi) is 7.11. The fraction of sp³-hybridized carbons (Fsp3) is 0.647.